The van der Waals surface area contributed by atoms with Crippen LogP contribution in [0.4, 0.5) is 11.5 Å². The summed E-state index contributed by atoms with van der Waals surface area (Å²) in [7, 11) is 0. The molecule has 10 nitrogen and oxygen atoms in total. The number of ether oxygens (including phenoxy) is 2. The topological polar surface area (TPSA) is 128 Å². The molecule has 202 valence electrons. The standard InChI is InChI=1S/C31H21N3O7/c1-18-14-27(33-41-18)32-28(35)17-39-31(38)21-7-13-25-26(16-21)30(37)34(29(25)36)22-8-11-23(12-9-22)40-24-10-6-19-4-2-3-5-20(19)15-24/h2-16H,17H2,1H3,(H,32,33,35). The highest BCUT2D eigenvalue weighted by atomic mass is 16.5. The van der Waals surface area contributed by atoms with E-state index in [1.807, 2.05) is 42.5 Å². The van der Waals surface area contributed by atoms with Gasteiger partial charge in [-0.15, -0.1) is 0 Å². The number of rotatable bonds is 7. The molecule has 10 heteroatoms. The zero-order valence-electron chi connectivity index (χ0n) is 21.6. The van der Waals surface area contributed by atoms with Crippen LogP contribution >= 0.6 is 0 Å². The molecule has 3 amide bonds. The Morgan fingerprint density at radius 1 is 0.829 bits per heavy atom. The number of hydrogen-bond donors (Lipinski definition) is 1. The van der Waals surface area contributed by atoms with Gasteiger partial charge in [-0.1, -0.05) is 35.5 Å². The van der Waals surface area contributed by atoms with Crippen molar-refractivity contribution < 1.29 is 33.2 Å². The van der Waals surface area contributed by atoms with Crippen LogP contribution in [0.15, 0.2) is 95.5 Å². The molecule has 1 aliphatic heterocycles. The fourth-order valence-electron chi connectivity index (χ4n) is 4.45. The lowest BCUT2D eigenvalue weighted by Crippen LogP contribution is -2.29. The second-order valence-corrected chi connectivity index (χ2v) is 9.26. The summed E-state index contributed by atoms with van der Waals surface area (Å²) in [5, 5.41) is 8.21. The molecule has 5 aromatic rings. The predicted molar refractivity (Wildman–Crippen MR) is 148 cm³/mol. The summed E-state index contributed by atoms with van der Waals surface area (Å²) in [6.45, 7) is 1.09. The Morgan fingerprint density at radius 2 is 1.56 bits per heavy atom. The normalized spacial score (nSPS) is 12.4. The van der Waals surface area contributed by atoms with Crippen molar-refractivity contribution >= 4 is 46.0 Å². The van der Waals surface area contributed by atoms with E-state index in [0.717, 1.165) is 15.7 Å². The Labute approximate surface area is 233 Å². The van der Waals surface area contributed by atoms with Crippen molar-refractivity contribution in [3.63, 3.8) is 0 Å². The third-order valence-electron chi connectivity index (χ3n) is 6.40. The molecule has 0 fully saturated rings. The maximum absolute atomic E-state index is 13.2. The SMILES string of the molecule is Cc1cc(NC(=O)COC(=O)c2ccc3c(c2)C(=O)N(c2ccc(Oc4ccc5ccccc5c4)cc2)C3=O)no1. The van der Waals surface area contributed by atoms with Gasteiger partial charge in [0.2, 0.25) is 0 Å². The van der Waals surface area contributed by atoms with Crippen molar-refractivity contribution in [1.82, 2.24) is 5.16 Å². The molecule has 1 aliphatic rings. The maximum atomic E-state index is 13.2. The van der Waals surface area contributed by atoms with E-state index in [4.69, 9.17) is 14.0 Å². The molecule has 0 aliphatic carbocycles. The van der Waals surface area contributed by atoms with Crippen LogP contribution in [0.2, 0.25) is 0 Å². The molecule has 2 heterocycles. The van der Waals surface area contributed by atoms with Gasteiger partial charge in [0.05, 0.1) is 22.4 Å². The smallest absolute Gasteiger partial charge is 0.338 e. The highest BCUT2D eigenvalue weighted by Crippen LogP contribution is 2.32. The highest BCUT2D eigenvalue weighted by molar-refractivity contribution is 6.34. The number of hydrogen-bond acceptors (Lipinski definition) is 8. The summed E-state index contributed by atoms with van der Waals surface area (Å²) in [5.41, 5.74) is 0.590. The Bertz CT molecular complexity index is 1840. The first-order chi connectivity index (χ1) is 19.9. The zero-order valence-corrected chi connectivity index (χ0v) is 21.6. The molecule has 0 unspecified atom stereocenters. The molecule has 41 heavy (non-hydrogen) atoms. The van der Waals surface area contributed by atoms with E-state index in [0.29, 0.717) is 22.9 Å². The molecule has 0 saturated carbocycles. The number of aryl methyl sites for hydroxylation is 1. The molecular weight excluding hydrogens is 526 g/mol. The maximum Gasteiger partial charge on any atom is 0.338 e. The molecule has 0 radical (unpaired) electrons. The number of carbonyl (C=O) groups excluding carboxylic acids is 4. The molecule has 6 rings (SSSR count). The van der Waals surface area contributed by atoms with Gasteiger partial charge in [0.15, 0.2) is 12.4 Å². The van der Waals surface area contributed by atoms with Gasteiger partial charge in [-0.05, 0) is 72.3 Å². The first-order valence-electron chi connectivity index (χ1n) is 12.6. The number of carbonyl (C=O) groups is 4. The minimum Gasteiger partial charge on any atom is -0.457 e. The first-order valence-corrected chi connectivity index (χ1v) is 12.6. The fourth-order valence-corrected chi connectivity index (χ4v) is 4.45. The van der Waals surface area contributed by atoms with E-state index in [9.17, 15) is 19.2 Å². The molecular formula is C31H21N3O7. The minimum atomic E-state index is -0.826. The monoisotopic (exact) mass is 547 g/mol. The quantitative estimate of drug-likeness (QED) is 0.208. The summed E-state index contributed by atoms with van der Waals surface area (Å²) >= 11 is 0. The van der Waals surface area contributed by atoms with Gasteiger partial charge in [0.25, 0.3) is 17.7 Å². The number of anilines is 2. The van der Waals surface area contributed by atoms with Crippen LogP contribution in [-0.4, -0.2) is 35.5 Å². The van der Waals surface area contributed by atoms with Crippen molar-refractivity contribution in [2.45, 2.75) is 6.92 Å². The van der Waals surface area contributed by atoms with Crippen LogP contribution in [0.3, 0.4) is 0 Å². The van der Waals surface area contributed by atoms with Crippen LogP contribution in [0.25, 0.3) is 10.8 Å². The van der Waals surface area contributed by atoms with Crippen LogP contribution in [0, 0.1) is 6.92 Å². The van der Waals surface area contributed by atoms with Gasteiger partial charge in [0, 0.05) is 6.07 Å². The van der Waals surface area contributed by atoms with Crippen molar-refractivity contribution in [2.75, 3.05) is 16.8 Å². The number of benzene rings is 4. The van der Waals surface area contributed by atoms with E-state index < -0.39 is 30.3 Å². The van der Waals surface area contributed by atoms with Gasteiger partial charge in [-0.3, -0.25) is 14.4 Å². The summed E-state index contributed by atoms with van der Waals surface area (Å²) in [4.78, 5) is 51.9. The zero-order chi connectivity index (χ0) is 28.5. The van der Waals surface area contributed by atoms with Crippen LogP contribution in [-0.2, 0) is 9.53 Å². The Hall–Kier alpha value is -5.77. The predicted octanol–water partition coefficient (Wildman–Crippen LogP) is 5.52. The number of esters is 1. The van der Waals surface area contributed by atoms with Crippen LogP contribution in [0.1, 0.15) is 36.8 Å². The molecule has 4 aromatic carbocycles. The van der Waals surface area contributed by atoms with E-state index in [1.54, 1.807) is 31.2 Å². The van der Waals surface area contributed by atoms with Crippen molar-refractivity contribution in [3.8, 4) is 11.5 Å². The van der Waals surface area contributed by atoms with Gasteiger partial charge < -0.3 is 19.3 Å². The number of nitrogens with zero attached hydrogens (tertiary/aromatic N) is 2. The fraction of sp³-hybridized carbons (Fsp3) is 0.0645. The molecule has 0 saturated heterocycles. The van der Waals surface area contributed by atoms with Crippen molar-refractivity contribution in [2.24, 2.45) is 0 Å². The number of aromatic nitrogens is 1. The average molecular weight is 548 g/mol. The van der Waals surface area contributed by atoms with Gasteiger partial charge in [0.1, 0.15) is 17.3 Å². The molecule has 1 N–H and O–H groups in total. The third-order valence-corrected chi connectivity index (χ3v) is 6.40. The van der Waals surface area contributed by atoms with Crippen LogP contribution < -0.4 is 15.0 Å². The van der Waals surface area contributed by atoms with Crippen LogP contribution in [0.5, 0.6) is 11.5 Å². The Kier molecular flexibility index (Phi) is 6.48. The molecule has 1 aromatic heterocycles. The third kappa shape index (κ3) is 5.13. The summed E-state index contributed by atoms with van der Waals surface area (Å²) < 4.78 is 15.9. The van der Waals surface area contributed by atoms with E-state index in [-0.39, 0.29) is 22.5 Å². The lowest BCUT2D eigenvalue weighted by Gasteiger charge is -2.14. The number of fused-ring (bicyclic) bond motifs is 2. The number of nitrogens with one attached hydrogen (secondary N) is 1. The average Bonchev–Trinajstić information content (AvgIpc) is 3.50. The Morgan fingerprint density at radius 3 is 2.32 bits per heavy atom. The summed E-state index contributed by atoms with van der Waals surface area (Å²) in [5.74, 6) is -0.646. The molecule has 0 spiro atoms. The van der Waals surface area contributed by atoms with Crippen molar-refractivity contribution in [3.05, 3.63) is 113 Å². The summed E-state index contributed by atoms with van der Waals surface area (Å²) in [6.07, 6.45) is 0. The molecule has 0 atom stereocenters. The van der Waals surface area contributed by atoms with E-state index in [2.05, 4.69) is 10.5 Å². The van der Waals surface area contributed by atoms with E-state index >= 15 is 0 Å². The second kappa shape index (κ2) is 10.4. The lowest BCUT2D eigenvalue weighted by atomic mass is 10.1. The van der Waals surface area contributed by atoms with Gasteiger partial charge >= 0.3 is 5.97 Å². The van der Waals surface area contributed by atoms with Gasteiger partial charge in [-0.25, -0.2) is 9.69 Å². The Balaban J connectivity index is 1.12. The number of amides is 3. The second-order valence-electron chi connectivity index (χ2n) is 9.26. The van der Waals surface area contributed by atoms with Gasteiger partial charge in [-0.2, -0.15) is 0 Å². The highest BCUT2D eigenvalue weighted by Gasteiger charge is 2.37. The number of imide groups is 1. The summed E-state index contributed by atoms with van der Waals surface area (Å²) in [6, 6.07) is 25.8. The minimum absolute atomic E-state index is 0.0240. The first kappa shape index (κ1) is 25.5. The van der Waals surface area contributed by atoms with Crippen molar-refractivity contribution in [1.29, 1.82) is 0 Å². The lowest BCUT2D eigenvalue weighted by molar-refractivity contribution is -0.119. The molecule has 0 bridgehead atoms. The van der Waals surface area contributed by atoms with E-state index in [1.165, 1.54) is 24.3 Å². The largest absolute Gasteiger partial charge is 0.457 e.